The molecule has 0 aliphatic heterocycles. The predicted octanol–water partition coefficient (Wildman–Crippen LogP) is 3.48. The van der Waals surface area contributed by atoms with Gasteiger partial charge in [0, 0.05) is 16.5 Å². The summed E-state index contributed by atoms with van der Waals surface area (Å²) in [4.78, 5) is 5.47. The summed E-state index contributed by atoms with van der Waals surface area (Å²) >= 11 is 8.03. The Morgan fingerprint density at radius 3 is 3.00 bits per heavy atom. The van der Waals surface area contributed by atoms with Crippen LogP contribution in [0.4, 0.5) is 0 Å². The van der Waals surface area contributed by atoms with E-state index in [4.69, 9.17) is 11.6 Å². The minimum absolute atomic E-state index is 0.399. The van der Waals surface area contributed by atoms with Crippen molar-refractivity contribution in [3.05, 3.63) is 16.6 Å². The van der Waals surface area contributed by atoms with E-state index in [1.807, 2.05) is 11.7 Å². The van der Waals surface area contributed by atoms with Crippen LogP contribution in [-0.2, 0) is 6.42 Å². The molecular weight excluding hydrogens is 202 g/mol. The first-order valence-corrected chi connectivity index (χ1v) is 6.19. The van der Waals surface area contributed by atoms with Crippen molar-refractivity contribution in [3.63, 3.8) is 0 Å². The van der Waals surface area contributed by atoms with Gasteiger partial charge in [0.1, 0.15) is 0 Å². The van der Waals surface area contributed by atoms with Crippen molar-refractivity contribution < 1.29 is 0 Å². The van der Waals surface area contributed by atoms with Crippen molar-refractivity contribution in [2.75, 3.05) is 0 Å². The van der Waals surface area contributed by atoms with Gasteiger partial charge in [0.15, 0.2) is 0 Å². The lowest BCUT2D eigenvalue weighted by Crippen LogP contribution is -2.21. The summed E-state index contributed by atoms with van der Waals surface area (Å²) in [5.41, 5.74) is 1.90. The van der Waals surface area contributed by atoms with E-state index < -0.39 is 0 Å². The first-order chi connectivity index (χ1) is 6.36. The van der Waals surface area contributed by atoms with E-state index in [9.17, 15) is 0 Å². The number of hydrogen-bond donors (Lipinski definition) is 0. The van der Waals surface area contributed by atoms with Crippen LogP contribution in [-0.4, -0.2) is 10.4 Å². The van der Waals surface area contributed by atoms with Crippen LogP contribution in [0.25, 0.3) is 0 Å². The van der Waals surface area contributed by atoms with E-state index in [2.05, 4.69) is 4.98 Å². The van der Waals surface area contributed by atoms with Gasteiger partial charge >= 0.3 is 0 Å². The molecule has 2 atom stereocenters. The summed E-state index contributed by atoms with van der Waals surface area (Å²) in [5.74, 6) is 0.691. The Bertz CT molecular complexity index is 247. The first kappa shape index (κ1) is 9.47. The van der Waals surface area contributed by atoms with E-state index in [0.717, 1.165) is 6.42 Å². The van der Waals surface area contributed by atoms with Crippen molar-refractivity contribution in [1.29, 1.82) is 0 Å². The van der Waals surface area contributed by atoms with E-state index in [1.54, 1.807) is 11.3 Å². The van der Waals surface area contributed by atoms with Gasteiger partial charge in [-0.25, -0.2) is 0 Å². The molecule has 1 aromatic rings. The number of thiazole rings is 1. The normalized spacial score (nSPS) is 29.0. The molecule has 1 aromatic heterocycles. The topological polar surface area (TPSA) is 12.9 Å². The standard InChI is InChI=1S/C10H14ClNS/c11-10-4-2-1-3-8(10)5-9-6-12-7-13-9/h6-8,10H,1-5H2. The fourth-order valence-corrected chi connectivity index (χ4v) is 3.05. The SMILES string of the molecule is ClC1CCCCC1Cc1cncs1. The van der Waals surface area contributed by atoms with E-state index in [0.29, 0.717) is 11.3 Å². The zero-order valence-corrected chi connectivity index (χ0v) is 9.15. The van der Waals surface area contributed by atoms with Gasteiger partial charge in [-0.1, -0.05) is 12.8 Å². The third-order valence-corrected chi connectivity index (χ3v) is 4.14. The van der Waals surface area contributed by atoms with E-state index in [1.165, 1.54) is 30.6 Å². The maximum Gasteiger partial charge on any atom is 0.0794 e. The summed E-state index contributed by atoms with van der Waals surface area (Å²) in [5, 5.41) is 0.399. The highest BCUT2D eigenvalue weighted by atomic mass is 35.5. The van der Waals surface area contributed by atoms with Crippen LogP contribution in [0, 0.1) is 5.92 Å². The molecule has 0 N–H and O–H groups in total. The van der Waals surface area contributed by atoms with Crippen molar-refractivity contribution in [1.82, 2.24) is 4.98 Å². The second-order valence-corrected chi connectivity index (χ2v) is 5.26. The van der Waals surface area contributed by atoms with Crippen molar-refractivity contribution in [2.45, 2.75) is 37.5 Å². The monoisotopic (exact) mass is 215 g/mol. The zero-order chi connectivity index (χ0) is 9.10. The van der Waals surface area contributed by atoms with Gasteiger partial charge < -0.3 is 0 Å². The Kier molecular flexibility index (Phi) is 3.23. The maximum atomic E-state index is 6.28. The first-order valence-electron chi connectivity index (χ1n) is 4.87. The highest BCUT2D eigenvalue weighted by Crippen LogP contribution is 2.31. The molecule has 0 amide bonds. The molecule has 1 saturated carbocycles. The molecule has 13 heavy (non-hydrogen) atoms. The molecule has 1 aliphatic rings. The van der Waals surface area contributed by atoms with Gasteiger partial charge in [0.25, 0.3) is 0 Å². The Labute approximate surface area is 88.1 Å². The van der Waals surface area contributed by atoms with Crippen LogP contribution >= 0.6 is 22.9 Å². The van der Waals surface area contributed by atoms with Crippen LogP contribution in [0.15, 0.2) is 11.7 Å². The van der Waals surface area contributed by atoms with Crippen molar-refractivity contribution in [3.8, 4) is 0 Å². The summed E-state index contributed by atoms with van der Waals surface area (Å²) in [7, 11) is 0. The van der Waals surface area contributed by atoms with Crippen LogP contribution < -0.4 is 0 Å². The number of nitrogens with zero attached hydrogens (tertiary/aromatic N) is 1. The lowest BCUT2D eigenvalue weighted by atomic mass is 9.86. The zero-order valence-electron chi connectivity index (χ0n) is 7.58. The summed E-state index contributed by atoms with van der Waals surface area (Å²) in [6.07, 6.45) is 8.28. The van der Waals surface area contributed by atoms with Gasteiger partial charge in [0.2, 0.25) is 0 Å². The summed E-state index contributed by atoms with van der Waals surface area (Å²) < 4.78 is 0. The Balaban J connectivity index is 1.93. The van der Waals surface area contributed by atoms with Crippen LogP contribution in [0.5, 0.6) is 0 Å². The average Bonchev–Trinajstić information content (AvgIpc) is 2.61. The predicted molar refractivity (Wildman–Crippen MR) is 57.4 cm³/mol. The van der Waals surface area contributed by atoms with Crippen LogP contribution in [0.1, 0.15) is 30.6 Å². The third kappa shape index (κ3) is 2.44. The number of alkyl halides is 1. The quantitative estimate of drug-likeness (QED) is 0.689. The lowest BCUT2D eigenvalue weighted by molar-refractivity contribution is 0.365. The van der Waals surface area contributed by atoms with Gasteiger partial charge in [-0.15, -0.1) is 22.9 Å². The molecule has 1 fully saturated rings. The van der Waals surface area contributed by atoms with E-state index in [-0.39, 0.29) is 0 Å². The maximum absolute atomic E-state index is 6.28. The molecule has 1 heterocycles. The Morgan fingerprint density at radius 2 is 2.31 bits per heavy atom. The molecule has 0 radical (unpaired) electrons. The summed E-state index contributed by atoms with van der Waals surface area (Å²) in [6, 6.07) is 0. The molecule has 0 saturated heterocycles. The smallest absolute Gasteiger partial charge is 0.0794 e. The Hall–Kier alpha value is -0.0800. The lowest BCUT2D eigenvalue weighted by Gasteiger charge is -2.26. The molecule has 72 valence electrons. The van der Waals surface area contributed by atoms with Crippen LogP contribution in [0.2, 0.25) is 0 Å². The molecule has 2 unspecified atom stereocenters. The van der Waals surface area contributed by atoms with Gasteiger partial charge in [0.05, 0.1) is 5.51 Å². The van der Waals surface area contributed by atoms with E-state index >= 15 is 0 Å². The highest BCUT2D eigenvalue weighted by Gasteiger charge is 2.23. The second-order valence-electron chi connectivity index (χ2n) is 3.73. The number of rotatable bonds is 2. The molecule has 1 aliphatic carbocycles. The number of halogens is 1. The van der Waals surface area contributed by atoms with Gasteiger partial charge in [-0.3, -0.25) is 4.98 Å². The molecule has 0 spiro atoms. The number of aromatic nitrogens is 1. The molecular formula is C10H14ClNS. The third-order valence-electron chi connectivity index (χ3n) is 2.76. The minimum Gasteiger partial charge on any atom is -0.253 e. The van der Waals surface area contributed by atoms with Gasteiger partial charge in [-0.2, -0.15) is 0 Å². The molecule has 1 nitrogen and oxygen atoms in total. The fraction of sp³-hybridized carbons (Fsp3) is 0.700. The summed E-state index contributed by atoms with van der Waals surface area (Å²) in [6.45, 7) is 0. The minimum atomic E-state index is 0.399. The second kappa shape index (κ2) is 4.43. The van der Waals surface area contributed by atoms with Crippen molar-refractivity contribution in [2.24, 2.45) is 5.92 Å². The fourth-order valence-electron chi connectivity index (χ4n) is 1.99. The highest BCUT2D eigenvalue weighted by molar-refractivity contribution is 7.09. The Morgan fingerprint density at radius 1 is 1.46 bits per heavy atom. The molecule has 2 rings (SSSR count). The molecule has 3 heteroatoms. The molecule has 0 aromatic carbocycles. The van der Waals surface area contributed by atoms with Crippen molar-refractivity contribution >= 4 is 22.9 Å². The van der Waals surface area contributed by atoms with Crippen LogP contribution in [0.3, 0.4) is 0 Å². The average molecular weight is 216 g/mol. The molecule has 0 bridgehead atoms. The number of hydrogen-bond acceptors (Lipinski definition) is 2. The largest absolute Gasteiger partial charge is 0.253 e. The van der Waals surface area contributed by atoms with Gasteiger partial charge in [-0.05, 0) is 25.2 Å².